The average molecular weight is 512 g/mol. The molecule has 0 spiro atoms. The molecule has 1 amide bonds. The monoisotopic (exact) mass is 512 g/mol. The van der Waals surface area contributed by atoms with Crippen molar-refractivity contribution in [3.05, 3.63) is 48.7 Å². The summed E-state index contributed by atoms with van der Waals surface area (Å²) >= 11 is 0. The molecule has 2 aromatic heterocycles. The molecule has 0 bridgehead atoms. The lowest BCUT2D eigenvalue weighted by Gasteiger charge is -2.33. The predicted octanol–water partition coefficient (Wildman–Crippen LogP) is 2.62. The van der Waals surface area contributed by atoms with Crippen molar-refractivity contribution in [2.24, 2.45) is 4.99 Å². The summed E-state index contributed by atoms with van der Waals surface area (Å²) in [6.07, 6.45) is 8.68. The van der Waals surface area contributed by atoms with Crippen molar-refractivity contribution < 1.29 is 9.21 Å². The summed E-state index contributed by atoms with van der Waals surface area (Å²) in [6, 6.07) is 7.64. The first-order chi connectivity index (χ1) is 13.8. The van der Waals surface area contributed by atoms with E-state index < -0.39 is 0 Å². The van der Waals surface area contributed by atoms with Crippen molar-refractivity contribution in [2.75, 3.05) is 38.5 Å². The first-order valence-electron chi connectivity index (χ1n) is 9.68. The maximum Gasteiger partial charge on any atom is 0.243 e. The van der Waals surface area contributed by atoms with E-state index in [2.05, 4.69) is 30.8 Å². The van der Waals surface area contributed by atoms with Crippen LogP contribution in [0.4, 0.5) is 5.69 Å². The van der Waals surface area contributed by atoms with Gasteiger partial charge in [-0.1, -0.05) is 6.42 Å². The van der Waals surface area contributed by atoms with E-state index in [4.69, 9.17) is 4.42 Å². The topological polar surface area (TPSA) is 94.8 Å². The Hall–Kier alpha value is -2.14. The van der Waals surface area contributed by atoms with E-state index in [9.17, 15) is 4.79 Å². The van der Waals surface area contributed by atoms with E-state index in [1.165, 1.54) is 19.3 Å². The summed E-state index contributed by atoms with van der Waals surface area (Å²) in [5, 5.41) is 9.16. The van der Waals surface area contributed by atoms with E-state index in [1.807, 2.05) is 12.1 Å². The second-order valence-electron chi connectivity index (χ2n) is 6.72. The van der Waals surface area contributed by atoms with Gasteiger partial charge in [-0.25, -0.2) is 0 Å². The number of carbonyl (C=O) groups is 1. The number of piperidine rings is 1. The van der Waals surface area contributed by atoms with Crippen molar-refractivity contribution in [3.63, 3.8) is 0 Å². The molecule has 1 atom stereocenters. The molecule has 9 heteroatoms. The Kier molecular flexibility index (Phi) is 9.92. The van der Waals surface area contributed by atoms with Gasteiger partial charge in [0.25, 0.3) is 0 Å². The minimum atomic E-state index is -0.158. The van der Waals surface area contributed by atoms with Crippen molar-refractivity contribution in [2.45, 2.75) is 25.3 Å². The van der Waals surface area contributed by atoms with Gasteiger partial charge < -0.3 is 20.4 Å². The molecule has 0 aliphatic carbocycles. The third-order valence-corrected chi connectivity index (χ3v) is 4.75. The molecule has 29 heavy (non-hydrogen) atoms. The van der Waals surface area contributed by atoms with Gasteiger partial charge in [0.2, 0.25) is 5.91 Å². The number of rotatable bonds is 7. The fourth-order valence-electron chi connectivity index (χ4n) is 3.34. The quantitative estimate of drug-likeness (QED) is 0.300. The number of carbonyl (C=O) groups excluding carboxylic acids is 1. The molecule has 8 nitrogen and oxygen atoms in total. The summed E-state index contributed by atoms with van der Waals surface area (Å²) in [7, 11) is 1.69. The third kappa shape index (κ3) is 7.32. The zero-order chi connectivity index (χ0) is 19.6. The highest BCUT2D eigenvalue weighted by molar-refractivity contribution is 14.0. The number of halogens is 1. The average Bonchev–Trinajstić information content (AvgIpc) is 3.26. The molecule has 158 valence electrons. The van der Waals surface area contributed by atoms with E-state index >= 15 is 0 Å². The summed E-state index contributed by atoms with van der Waals surface area (Å²) in [6.45, 7) is 2.89. The minimum Gasteiger partial charge on any atom is -0.468 e. The molecule has 1 saturated heterocycles. The molecule has 0 aromatic carbocycles. The molecular weight excluding hydrogens is 483 g/mol. The second-order valence-corrected chi connectivity index (χ2v) is 6.72. The molecule has 1 aliphatic heterocycles. The van der Waals surface area contributed by atoms with Gasteiger partial charge in [0.15, 0.2) is 5.96 Å². The Bertz CT molecular complexity index is 748. The number of likely N-dealkylation sites (tertiary alicyclic amines) is 1. The number of furan rings is 1. The summed E-state index contributed by atoms with van der Waals surface area (Å²) < 4.78 is 5.67. The Morgan fingerprint density at radius 3 is 2.72 bits per heavy atom. The summed E-state index contributed by atoms with van der Waals surface area (Å²) in [5.74, 6) is 1.36. The van der Waals surface area contributed by atoms with Crippen LogP contribution in [0.5, 0.6) is 0 Å². The van der Waals surface area contributed by atoms with Crippen LogP contribution in [0, 0.1) is 0 Å². The normalized spacial score (nSPS) is 15.8. The maximum absolute atomic E-state index is 12.1. The van der Waals surface area contributed by atoms with Crippen LogP contribution in [0.2, 0.25) is 0 Å². The predicted molar refractivity (Wildman–Crippen MR) is 125 cm³/mol. The highest BCUT2D eigenvalue weighted by Gasteiger charge is 2.24. The number of amides is 1. The lowest BCUT2D eigenvalue weighted by molar-refractivity contribution is -0.115. The van der Waals surface area contributed by atoms with E-state index in [0.717, 1.165) is 18.8 Å². The summed E-state index contributed by atoms with van der Waals surface area (Å²) in [5.41, 5.74) is 0.667. The van der Waals surface area contributed by atoms with Crippen molar-refractivity contribution in [1.29, 1.82) is 0 Å². The smallest absolute Gasteiger partial charge is 0.243 e. The lowest BCUT2D eigenvalue weighted by atomic mass is 10.1. The largest absolute Gasteiger partial charge is 0.468 e. The van der Waals surface area contributed by atoms with Crippen LogP contribution in [0.3, 0.4) is 0 Å². The van der Waals surface area contributed by atoms with Crippen LogP contribution >= 0.6 is 24.0 Å². The van der Waals surface area contributed by atoms with Crippen molar-refractivity contribution >= 4 is 41.5 Å². The van der Waals surface area contributed by atoms with Crippen LogP contribution in [0.25, 0.3) is 0 Å². The molecule has 2 aromatic rings. The zero-order valence-electron chi connectivity index (χ0n) is 16.6. The Balaban J connectivity index is 0.00000300. The van der Waals surface area contributed by atoms with E-state index in [0.29, 0.717) is 18.2 Å². The molecule has 3 N–H and O–H groups in total. The second kappa shape index (κ2) is 12.4. The lowest BCUT2D eigenvalue weighted by Crippen LogP contribution is -2.46. The van der Waals surface area contributed by atoms with Gasteiger partial charge in [0.1, 0.15) is 5.76 Å². The van der Waals surface area contributed by atoms with Crippen molar-refractivity contribution in [3.8, 4) is 0 Å². The molecule has 0 radical (unpaired) electrons. The summed E-state index contributed by atoms with van der Waals surface area (Å²) in [4.78, 5) is 22.7. The van der Waals surface area contributed by atoms with Crippen LogP contribution in [0.15, 0.2) is 52.3 Å². The number of nitrogens with zero attached hydrogens (tertiary/aromatic N) is 3. The molecule has 1 fully saturated rings. The molecule has 1 aliphatic rings. The first-order valence-corrected chi connectivity index (χ1v) is 9.68. The van der Waals surface area contributed by atoms with E-state index in [1.54, 1.807) is 37.8 Å². The number of hydrogen-bond acceptors (Lipinski definition) is 5. The fourth-order valence-corrected chi connectivity index (χ4v) is 3.34. The Morgan fingerprint density at radius 2 is 2.07 bits per heavy atom. The molecule has 1 unspecified atom stereocenters. The molecule has 3 rings (SSSR count). The van der Waals surface area contributed by atoms with Crippen molar-refractivity contribution in [1.82, 2.24) is 20.5 Å². The zero-order valence-corrected chi connectivity index (χ0v) is 19.0. The van der Waals surface area contributed by atoms with Gasteiger partial charge in [-0.2, -0.15) is 0 Å². The maximum atomic E-state index is 12.1. The standard InChI is InChI=1S/C20H28N6O2.HI/c1-21-20(24-15-19(27)25-16-7-5-9-22-13-16)23-14-17(18-8-6-12-28-18)26-10-3-2-4-11-26;/h5-9,12-13,17H,2-4,10-11,14-15H2,1H3,(H,25,27)(H2,21,23,24);1H. The van der Waals surface area contributed by atoms with Gasteiger partial charge in [-0.15, -0.1) is 24.0 Å². The van der Waals surface area contributed by atoms with Crippen LogP contribution < -0.4 is 16.0 Å². The highest BCUT2D eigenvalue weighted by atomic mass is 127. The molecule has 0 saturated carbocycles. The fraction of sp³-hybridized carbons (Fsp3) is 0.450. The number of guanidine groups is 1. The number of pyridine rings is 1. The van der Waals surface area contributed by atoms with Crippen LogP contribution in [0.1, 0.15) is 31.1 Å². The Labute approximate surface area is 188 Å². The Morgan fingerprint density at radius 1 is 1.24 bits per heavy atom. The van der Waals surface area contributed by atoms with E-state index in [-0.39, 0.29) is 42.5 Å². The van der Waals surface area contributed by atoms with Gasteiger partial charge in [-0.3, -0.25) is 19.7 Å². The third-order valence-electron chi connectivity index (χ3n) is 4.75. The molecular formula is C20H29IN6O2. The highest BCUT2D eigenvalue weighted by Crippen LogP contribution is 2.24. The number of nitrogens with one attached hydrogen (secondary N) is 3. The number of aromatic nitrogens is 1. The first kappa shape index (κ1) is 23.1. The number of anilines is 1. The minimum absolute atomic E-state index is 0. The van der Waals surface area contributed by atoms with Crippen LogP contribution in [-0.4, -0.2) is 55.0 Å². The van der Waals surface area contributed by atoms with Crippen LogP contribution in [-0.2, 0) is 4.79 Å². The van der Waals surface area contributed by atoms with Gasteiger partial charge in [-0.05, 0) is 50.2 Å². The van der Waals surface area contributed by atoms with Gasteiger partial charge >= 0.3 is 0 Å². The van der Waals surface area contributed by atoms with Gasteiger partial charge in [0, 0.05) is 19.8 Å². The molecule has 3 heterocycles. The number of hydrogen-bond donors (Lipinski definition) is 3. The van der Waals surface area contributed by atoms with Gasteiger partial charge in [0.05, 0.1) is 30.7 Å². The SMILES string of the molecule is CN=C(NCC(=O)Nc1cccnc1)NCC(c1ccco1)N1CCCCC1.I. The number of aliphatic imine (C=N–C) groups is 1.